The number of unbranched alkanes of at least 4 members (excludes halogenated alkanes) is 1. The maximum absolute atomic E-state index is 13.3. The molecule has 7 amide bonds. The van der Waals surface area contributed by atoms with E-state index >= 15 is 0 Å². The Labute approximate surface area is 334 Å². The smallest absolute Gasteiger partial charge is 0.326 e. The van der Waals surface area contributed by atoms with Crippen molar-refractivity contribution in [2.75, 3.05) is 38.5 Å². The maximum atomic E-state index is 13.3. The highest BCUT2D eigenvalue weighted by Gasteiger charge is 2.32. The summed E-state index contributed by atoms with van der Waals surface area (Å²) in [5.74, 6) is -9.86. The van der Waals surface area contributed by atoms with Crippen LogP contribution in [0, 0.1) is 5.92 Å². The minimum absolute atomic E-state index is 0.0199. The zero-order valence-corrected chi connectivity index (χ0v) is 32.8. The largest absolute Gasteiger partial charge is 0.481 e. The maximum Gasteiger partial charge on any atom is 0.326 e. The zero-order chi connectivity index (χ0) is 43.7. The molecule has 25 heteroatoms. The van der Waals surface area contributed by atoms with Crippen LogP contribution in [0.2, 0.25) is 0 Å². The summed E-state index contributed by atoms with van der Waals surface area (Å²) < 4.78 is 0. The van der Waals surface area contributed by atoms with Gasteiger partial charge in [0, 0.05) is 12.3 Å². The minimum Gasteiger partial charge on any atom is -0.481 e. The molecular weight excluding hydrogens is 776 g/mol. The fourth-order valence-electron chi connectivity index (χ4n) is 4.88. The van der Waals surface area contributed by atoms with Gasteiger partial charge in [-0.25, -0.2) is 4.79 Å². The van der Waals surface area contributed by atoms with Crippen LogP contribution in [0.4, 0.5) is 0 Å². The SMILES string of the molecule is CC(C)CC(NC(=O)C(CCCN=C(N)N)NC(=O)C(CO)NC(=O)C(CS)NC(=O)C(CCCCN)NC(=O)CNC(=O)C(CC(=O)O)NC(=O)CN)C(=O)O. The quantitative estimate of drug-likeness (QED) is 0.0144. The molecule has 0 bridgehead atoms. The molecule has 324 valence electrons. The van der Waals surface area contributed by atoms with Gasteiger partial charge in [0.2, 0.25) is 41.4 Å². The van der Waals surface area contributed by atoms with E-state index in [9.17, 15) is 53.4 Å². The van der Waals surface area contributed by atoms with Gasteiger partial charge in [-0.1, -0.05) is 13.8 Å². The first kappa shape index (κ1) is 51.7. The van der Waals surface area contributed by atoms with Crippen molar-refractivity contribution < 1.29 is 58.5 Å². The fraction of sp³-hybridized carbons (Fsp3) is 0.688. The van der Waals surface area contributed by atoms with Crippen LogP contribution in [0.3, 0.4) is 0 Å². The Morgan fingerprint density at radius 2 is 1.16 bits per heavy atom. The number of nitrogens with two attached hydrogens (primary N) is 4. The van der Waals surface area contributed by atoms with Gasteiger partial charge in [0.05, 0.1) is 26.1 Å². The van der Waals surface area contributed by atoms with Gasteiger partial charge in [-0.15, -0.1) is 0 Å². The topological polar surface area (TPSA) is 415 Å². The van der Waals surface area contributed by atoms with Crippen molar-refractivity contribution in [2.24, 2.45) is 33.8 Å². The number of guanidine groups is 1. The van der Waals surface area contributed by atoms with Crippen molar-refractivity contribution in [3.8, 4) is 0 Å². The Balaban J connectivity index is 5.84. The lowest BCUT2D eigenvalue weighted by Gasteiger charge is -2.26. The molecule has 0 aromatic rings. The predicted octanol–water partition coefficient (Wildman–Crippen LogP) is -6.32. The molecule has 0 aliphatic heterocycles. The molecule has 0 saturated carbocycles. The molecule has 0 fully saturated rings. The van der Waals surface area contributed by atoms with Gasteiger partial charge in [-0.05, 0) is 51.0 Å². The molecular formula is C32H58N12O12S. The van der Waals surface area contributed by atoms with Crippen LogP contribution in [0.15, 0.2) is 4.99 Å². The number of hydrogen-bond donors (Lipinski definition) is 15. The van der Waals surface area contributed by atoms with Crippen molar-refractivity contribution in [3.05, 3.63) is 0 Å². The van der Waals surface area contributed by atoms with Crippen molar-refractivity contribution in [1.29, 1.82) is 0 Å². The molecule has 6 atom stereocenters. The van der Waals surface area contributed by atoms with E-state index in [0.29, 0.717) is 12.8 Å². The van der Waals surface area contributed by atoms with Gasteiger partial charge in [0.25, 0.3) is 0 Å². The zero-order valence-electron chi connectivity index (χ0n) is 32.0. The predicted molar refractivity (Wildman–Crippen MR) is 207 cm³/mol. The van der Waals surface area contributed by atoms with Gasteiger partial charge in [0.1, 0.15) is 36.3 Å². The van der Waals surface area contributed by atoms with Crippen molar-refractivity contribution in [2.45, 2.75) is 95.0 Å². The Kier molecular flexibility index (Phi) is 25.6. The van der Waals surface area contributed by atoms with Gasteiger partial charge < -0.3 is 75.5 Å². The number of thiol groups is 1. The molecule has 6 unspecified atom stereocenters. The number of nitrogens with one attached hydrogen (secondary N) is 7. The van der Waals surface area contributed by atoms with E-state index in [1.54, 1.807) is 13.8 Å². The highest BCUT2D eigenvalue weighted by atomic mass is 32.1. The molecule has 57 heavy (non-hydrogen) atoms. The van der Waals surface area contributed by atoms with E-state index in [1.165, 1.54) is 0 Å². The van der Waals surface area contributed by atoms with Gasteiger partial charge >= 0.3 is 11.9 Å². The van der Waals surface area contributed by atoms with E-state index in [2.05, 4.69) is 54.8 Å². The number of carbonyl (C=O) groups excluding carboxylic acids is 7. The van der Waals surface area contributed by atoms with Crippen LogP contribution in [0.25, 0.3) is 0 Å². The number of amides is 7. The summed E-state index contributed by atoms with van der Waals surface area (Å²) in [7, 11) is 0. The lowest BCUT2D eigenvalue weighted by Crippen LogP contribution is -2.60. The molecule has 0 aliphatic carbocycles. The summed E-state index contributed by atoms with van der Waals surface area (Å²) in [6.07, 6.45) is 0.169. The Morgan fingerprint density at radius 3 is 1.67 bits per heavy atom. The van der Waals surface area contributed by atoms with Gasteiger partial charge in [0.15, 0.2) is 5.96 Å². The number of aliphatic carboxylic acids is 2. The first-order valence-electron chi connectivity index (χ1n) is 18.0. The summed E-state index contributed by atoms with van der Waals surface area (Å²) in [6, 6.07) is -8.57. The number of carbonyl (C=O) groups is 9. The molecule has 18 N–H and O–H groups in total. The first-order valence-corrected chi connectivity index (χ1v) is 18.6. The number of aliphatic imine (C=N–C) groups is 1. The van der Waals surface area contributed by atoms with Gasteiger partial charge in [-0.2, -0.15) is 12.6 Å². The van der Waals surface area contributed by atoms with Crippen LogP contribution >= 0.6 is 12.6 Å². The Hall–Kier alpha value is -5.27. The molecule has 0 aliphatic rings. The Morgan fingerprint density at radius 1 is 0.649 bits per heavy atom. The molecule has 0 rings (SSSR count). The monoisotopic (exact) mass is 834 g/mol. The standard InChI is InChI=1S/C32H58N12O12S/c1-16(2)10-20(31(55)56)42-28(52)18(7-5-9-37-32(35)36)41-29(53)21(14-45)43-30(54)22(15-57)44-27(51)17(6-3-4-8-33)39-24(47)13-38-26(50)19(11-25(48)49)40-23(46)12-34/h16-22,45,57H,3-15,33-34H2,1-2H3,(H,38,50)(H,39,47)(H,40,46)(H,41,53)(H,42,52)(H,43,54)(H,44,51)(H,48,49)(H,55,56)(H4,35,36,37). The lowest BCUT2D eigenvalue weighted by atomic mass is 10.0. The van der Waals surface area contributed by atoms with Crippen molar-refractivity contribution in [3.63, 3.8) is 0 Å². The molecule has 0 spiro atoms. The fourth-order valence-corrected chi connectivity index (χ4v) is 5.13. The number of nitrogens with zero attached hydrogens (tertiary/aromatic N) is 1. The highest BCUT2D eigenvalue weighted by Crippen LogP contribution is 2.08. The van der Waals surface area contributed by atoms with Crippen LogP contribution < -0.4 is 60.2 Å². The molecule has 0 heterocycles. The summed E-state index contributed by atoms with van der Waals surface area (Å²) in [5, 5.41) is 44.8. The first-order chi connectivity index (χ1) is 26.8. The van der Waals surface area contributed by atoms with Gasteiger partial charge in [-0.3, -0.25) is 43.3 Å². The van der Waals surface area contributed by atoms with E-state index in [0.717, 1.165) is 0 Å². The summed E-state index contributed by atoms with van der Waals surface area (Å²) >= 11 is 4.10. The number of aliphatic hydroxyl groups excluding tert-OH is 1. The average molecular weight is 835 g/mol. The van der Waals surface area contributed by atoms with Crippen LogP contribution in [-0.4, -0.2) is 149 Å². The second-order valence-corrected chi connectivity index (χ2v) is 13.4. The Bertz CT molecular complexity index is 1420. The van der Waals surface area contributed by atoms with Crippen LogP contribution in [-0.2, 0) is 43.2 Å². The minimum atomic E-state index is -1.67. The molecule has 0 aromatic heterocycles. The number of rotatable bonds is 29. The highest BCUT2D eigenvalue weighted by molar-refractivity contribution is 7.80. The van der Waals surface area contributed by atoms with Crippen LogP contribution in [0.1, 0.15) is 58.8 Å². The average Bonchev–Trinajstić information content (AvgIpc) is 3.14. The van der Waals surface area contributed by atoms with E-state index in [-0.39, 0.29) is 56.4 Å². The third-order valence-electron chi connectivity index (χ3n) is 7.77. The lowest BCUT2D eigenvalue weighted by molar-refractivity contribution is -0.143. The number of carboxylic acids is 2. The van der Waals surface area contributed by atoms with E-state index < -0.39 is 116 Å². The van der Waals surface area contributed by atoms with Crippen LogP contribution in [0.5, 0.6) is 0 Å². The summed E-state index contributed by atoms with van der Waals surface area (Å²) in [6.45, 7) is 1.59. The molecule has 0 aromatic carbocycles. The van der Waals surface area contributed by atoms with Crippen molar-refractivity contribution >= 4 is 71.9 Å². The number of carboxylic acid groups (broad SMARTS) is 2. The summed E-state index contributed by atoms with van der Waals surface area (Å²) in [4.78, 5) is 117. The molecule has 24 nitrogen and oxygen atoms in total. The second-order valence-electron chi connectivity index (χ2n) is 13.1. The normalized spacial score (nSPS) is 13.9. The van der Waals surface area contributed by atoms with Crippen molar-refractivity contribution in [1.82, 2.24) is 37.2 Å². The number of aliphatic hydroxyl groups is 1. The third kappa shape index (κ3) is 22.2. The van der Waals surface area contributed by atoms with E-state index in [1.807, 2.05) is 0 Å². The third-order valence-corrected chi connectivity index (χ3v) is 8.13. The molecule has 0 saturated heterocycles. The second kappa shape index (κ2) is 28.2. The number of hydrogen-bond acceptors (Lipinski definition) is 14. The van der Waals surface area contributed by atoms with E-state index in [4.69, 9.17) is 28.0 Å². The summed E-state index contributed by atoms with van der Waals surface area (Å²) in [5.41, 5.74) is 21.4. The molecule has 0 radical (unpaired) electrons.